The number of nitrogens with zero attached hydrogens (tertiary/aromatic N) is 1. The maximum atomic E-state index is 9.88. The molecule has 0 aromatic heterocycles. The Morgan fingerprint density at radius 1 is 1.04 bits per heavy atom. The summed E-state index contributed by atoms with van der Waals surface area (Å²) in [6, 6.07) is 11.6. The second-order valence-electron chi connectivity index (χ2n) is 5.63. The third kappa shape index (κ3) is 4.01. The number of nitriles is 1. The third-order valence-corrected chi connectivity index (χ3v) is 4.19. The van der Waals surface area contributed by atoms with Gasteiger partial charge in [0, 0.05) is 34.0 Å². The van der Waals surface area contributed by atoms with Crippen molar-refractivity contribution in [3.05, 3.63) is 35.9 Å². The standard InChI is InChI=1S/C19H23NO5/c1-21-12-15-16(22-2)17(23-3)18(24-4)19(13-20,25-15)11-10-14-8-6-5-7-9-14/h5-9,15-18H,12H2,1-4H3/t15-,16-,17+,18-,19+/m1/s1. The summed E-state index contributed by atoms with van der Waals surface area (Å²) in [5.74, 6) is 5.95. The molecular formula is C19H23NO5. The van der Waals surface area contributed by atoms with Gasteiger partial charge in [0.05, 0.1) is 6.61 Å². The van der Waals surface area contributed by atoms with Crippen LogP contribution < -0.4 is 0 Å². The van der Waals surface area contributed by atoms with Gasteiger partial charge >= 0.3 is 0 Å². The summed E-state index contributed by atoms with van der Waals surface area (Å²) in [6.45, 7) is 0.241. The van der Waals surface area contributed by atoms with Crippen molar-refractivity contribution >= 4 is 0 Å². The minimum atomic E-state index is -1.50. The van der Waals surface area contributed by atoms with Gasteiger partial charge in [0.2, 0.25) is 5.60 Å². The molecule has 0 aliphatic carbocycles. The topological polar surface area (TPSA) is 69.9 Å². The van der Waals surface area contributed by atoms with E-state index in [0.717, 1.165) is 5.56 Å². The molecule has 5 atom stereocenters. The lowest BCUT2D eigenvalue weighted by atomic mass is 9.85. The van der Waals surface area contributed by atoms with Crippen LogP contribution in [0.1, 0.15) is 5.56 Å². The van der Waals surface area contributed by atoms with Gasteiger partial charge in [-0.05, 0) is 18.1 Å². The highest BCUT2D eigenvalue weighted by Crippen LogP contribution is 2.34. The second-order valence-corrected chi connectivity index (χ2v) is 5.63. The highest BCUT2D eigenvalue weighted by molar-refractivity contribution is 5.40. The molecule has 0 spiro atoms. The molecule has 6 nitrogen and oxygen atoms in total. The van der Waals surface area contributed by atoms with E-state index in [2.05, 4.69) is 17.9 Å². The Morgan fingerprint density at radius 2 is 1.72 bits per heavy atom. The van der Waals surface area contributed by atoms with Crippen LogP contribution >= 0.6 is 0 Å². The minimum Gasteiger partial charge on any atom is -0.382 e. The Labute approximate surface area is 148 Å². The third-order valence-electron chi connectivity index (χ3n) is 4.19. The van der Waals surface area contributed by atoms with Gasteiger partial charge in [-0.15, -0.1) is 0 Å². The number of hydrogen-bond donors (Lipinski definition) is 0. The predicted octanol–water partition coefficient (Wildman–Crippen LogP) is 1.39. The largest absolute Gasteiger partial charge is 0.382 e. The van der Waals surface area contributed by atoms with Crippen molar-refractivity contribution in [1.82, 2.24) is 0 Å². The molecule has 0 bridgehead atoms. The molecule has 1 aliphatic heterocycles. The van der Waals surface area contributed by atoms with Crippen molar-refractivity contribution in [2.45, 2.75) is 30.0 Å². The van der Waals surface area contributed by atoms with Gasteiger partial charge in [0.25, 0.3) is 0 Å². The van der Waals surface area contributed by atoms with Crippen LogP contribution in [0.5, 0.6) is 0 Å². The molecule has 0 radical (unpaired) electrons. The Balaban J connectivity index is 2.46. The molecule has 1 heterocycles. The van der Waals surface area contributed by atoms with E-state index >= 15 is 0 Å². The normalized spacial score (nSPS) is 31.6. The zero-order valence-corrected chi connectivity index (χ0v) is 14.9. The summed E-state index contributed by atoms with van der Waals surface area (Å²) in [5, 5.41) is 9.88. The first-order valence-electron chi connectivity index (χ1n) is 7.90. The highest BCUT2D eigenvalue weighted by atomic mass is 16.6. The molecule has 0 saturated carbocycles. The Kier molecular flexibility index (Phi) is 6.95. The first-order valence-corrected chi connectivity index (χ1v) is 7.90. The van der Waals surface area contributed by atoms with Gasteiger partial charge in [-0.1, -0.05) is 24.1 Å². The van der Waals surface area contributed by atoms with Crippen LogP contribution in [0.15, 0.2) is 30.3 Å². The lowest BCUT2D eigenvalue weighted by Gasteiger charge is -2.46. The molecule has 0 amide bonds. The van der Waals surface area contributed by atoms with Crippen LogP contribution in [-0.4, -0.2) is 65.1 Å². The maximum absolute atomic E-state index is 9.88. The van der Waals surface area contributed by atoms with Crippen LogP contribution in [0.4, 0.5) is 0 Å². The molecule has 0 unspecified atom stereocenters. The first-order chi connectivity index (χ1) is 12.2. The van der Waals surface area contributed by atoms with Crippen molar-refractivity contribution in [2.24, 2.45) is 0 Å². The number of methoxy groups -OCH3 is 4. The lowest BCUT2D eigenvalue weighted by molar-refractivity contribution is -0.256. The highest BCUT2D eigenvalue weighted by Gasteiger charge is 2.56. The molecule has 2 rings (SSSR count). The maximum Gasteiger partial charge on any atom is 0.245 e. The van der Waals surface area contributed by atoms with Crippen molar-refractivity contribution < 1.29 is 23.7 Å². The van der Waals surface area contributed by atoms with Crippen LogP contribution in [0, 0.1) is 23.2 Å². The van der Waals surface area contributed by atoms with Gasteiger partial charge in [-0.3, -0.25) is 0 Å². The fourth-order valence-corrected chi connectivity index (χ4v) is 3.03. The van der Waals surface area contributed by atoms with Gasteiger partial charge in [0.15, 0.2) is 0 Å². The van der Waals surface area contributed by atoms with Gasteiger partial charge in [0.1, 0.15) is 30.5 Å². The molecule has 0 N–H and O–H groups in total. The summed E-state index contributed by atoms with van der Waals surface area (Å²) >= 11 is 0. The van der Waals surface area contributed by atoms with Gasteiger partial charge in [-0.2, -0.15) is 5.26 Å². The summed E-state index contributed by atoms with van der Waals surface area (Å²) in [7, 11) is 6.17. The van der Waals surface area contributed by atoms with Crippen molar-refractivity contribution in [1.29, 1.82) is 5.26 Å². The predicted molar refractivity (Wildman–Crippen MR) is 90.8 cm³/mol. The smallest absolute Gasteiger partial charge is 0.245 e. The van der Waals surface area contributed by atoms with E-state index in [9.17, 15) is 5.26 Å². The summed E-state index contributed by atoms with van der Waals surface area (Å²) < 4.78 is 27.9. The Morgan fingerprint density at radius 3 is 2.24 bits per heavy atom. The lowest BCUT2D eigenvalue weighted by Crippen LogP contribution is -2.65. The number of benzene rings is 1. The van der Waals surface area contributed by atoms with Gasteiger partial charge in [-0.25, -0.2) is 0 Å². The average molecular weight is 345 g/mol. The van der Waals surface area contributed by atoms with Crippen molar-refractivity contribution in [3.63, 3.8) is 0 Å². The molecule has 1 saturated heterocycles. The van der Waals surface area contributed by atoms with Crippen LogP contribution in [0.3, 0.4) is 0 Å². The molecule has 25 heavy (non-hydrogen) atoms. The Bertz CT molecular complexity index is 647. The molecule has 1 aromatic rings. The molecular weight excluding hydrogens is 322 g/mol. The second kappa shape index (κ2) is 8.96. The quantitative estimate of drug-likeness (QED) is 0.751. The molecule has 1 aromatic carbocycles. The average Bonchev–Trinajstić information content (AvgIpc) is 2.66. The van der Waals surface area contributed by atoms with E-state index in [4.69, 9.17) is 23.7 Å². The van der Waals surface area contributed by atoms with E-state index in [1.807, 2.05) is 30.3 Å². The van der Waals surface area contributed by atoms with E-state index in [0.29, 0.717) is 0 Å². The number of hydrogen-bond acceptors (Lipinski definition) is 6. The molecule has 134 valence electrons. The molecule has 1 aliphatic rings. The summed E-state index contributed by atoms with van der Waals surface area (Å²) in [4.78, 5) is 0. The minimum absolute atomic E-state index is 0.241. The SMILES string of the molecule is COC[C@H]1O[C@](C#N)(C#Cc2ccccc2)[C@H](OC)[C@@H](OC)[C@@H]1OC. The molecule has 1 fully saturated rings. The number of rotatable bonds is 5. The van der Waals surface area contributed by atoms with Crippen LogP contribution in [-0.2, 0) is 23.7 Å². The van der Waals surface area contributed by atoms with E-state index in [-0.39, 0.29) is 6.61 Å². The van der Waals surface area contributed by atoms with Crippen LogP contribution in [0.2, 0.25) is 0 Å². The zero-order chi connectivity index (χ0) is 18.3. The fraction of sp³-hybridized carbons (Fsp3) is 0.526. The van der Waals surface area contributed by atoms with E-state index in [1.54, 1.807) is 21.3 Å². The van der Waals surface area contributed by atoms with Crippen molar-refractivity contribution in [2.75, 3.05) is 35.0 Å². The monoisotopic (exact) mass is 345 g/mol. The van der Waals surface area contributed by atoms with E-state index < -0.39 is 30.0 Å². The van der Waals surface area contributed by atoms with Crippen LogP contribution in [0.25, 0.3) is 0 Å². The summed E-state index contributed by atoms with van der Waals surface area (Å²) in [6.07, 6.45) is -2.24. The zero-order valence-electron chi connectivity index (χ0n) is 14.9. The first kappa shape index (κ1) is 19.4. The Hall–Kier alpha value is -1.93. The fourth-order valence-electron chi connectivity index (χ4n) is 3.03. The van der Waals surface area contributed by atoms with Gasteiger partial charge < -0.3 is 23.7 Å². The van der Waals surface area contributed by atoms with Crippen molar-refractivity contribution in [3.8, 4) is 17.9 Å². The molecule has 6 heteroatoms. The summed E-state index contributed by atoms with van der Waals surface area (Å²) in [5.41, 5.74) is -0.717. The van der Waals surface area contributed by atoms with E-state index in [1.165, 1.54) is 7.11 Å². The number of ether oxygens (including phenoxy) is 5.